The molecule has 4 heteroatoms. The summed E-state index contributed by atoms with van der Waals surface area (Å²) in [7, 11) is 0. The third-order valence-electron chi connectivity index (χ3n) is 1.93. The van der Waals surface area contributed by atoms with Gasteiger partial charge in [0.1, 0.15) is 0 Å². The zero-order valence-corrected chi connectivity index (χ0v) is 9.91. The maximum Gasteiger partial charge on any atom is 0.252 e. The molecule has 1 atom stereocenters. The molecule has 1 heterocycles. The van der Waals surface area contributed by atoms with Crippen molar-refractivity contribution >= 4 is 28.8 Å². The van der Waals surface area contributed by atoms with Crippen molar-refractivity contribution in [3.8, 4) is 0 Å². The molecule has 78 valence electrons. The molecule has 1 unspecified atom stereocenters. The van der Waals surface area contributed by atoms with Crippen LogP contribution in [0.4, 0.5) is 0 Å². The molecule has 0 aliphatic carbocycles. The molecule has 0 aliphatic rings. The van der Waals surface area contributed by atoms with Gasteiger partial charge in [-0.2, -0.15) is 11.3 Å². The van der Waals surface area contributed by atoms with Gasteiger partial charge in [-0.05, 0) is 31.2 Å². The molecule has 0 bridgehead atoms. The van der Waals surface area contributed by atoms with Crippen molar-refractivity contribution in [2.45, 2.75) is 25.6 Å². The maximum atomic E-state index is 11.6. The second-order valence-electron chi connectivity index (χ2n) is 3.29. The fourth-order valence-corrected chi connectivity index (χ4v) is 2.01. The van der Waals surface area contributed by atoms with Gasteiger partial charge < -0.3 is 5.32 Å². The van der Waals surface area contributed by atoms with E-state index in [4.69, 9.17) is 11.6 Å². The highest BCUT2D eigenvalue weighted by Gasteiger charge is 2.08. The van der Waals surface area contributed by atoms with Gasteiger partial charge in [-0.25, -0.2) is 0 Å². The van der Waals surface area contributed by atoms with Gasteiger partial charge in [0.25, 0.3) is 5.91 Å². The number of rotatable bonds is 4. The summed E-state index contributed by atoms with van der Waals surface area (Å²) in [4.78, 5) is 11.6. The fraction of sp³-hybridized carbons (Fsp3) is 0.500. The minimum atomic E-state index is 0.000988. The van der Waals surface area contributed by atoms with Crippen LogP contribution in [0, 0.1) is 6.92 Å². The Hall–Kier alpha value is -0.540. The number of aryl methyl sites for hydroxylation is 1. The first-order valence-corrected chi connectivity index (χ1v) is 5.94. The van der Waals surface area contributed by atoms with E-state index >= 15 is 0 Å². The maximum absolute atomic E-state index is 11.6. The van der Waals surface area contributed by atoms with Gasteiger partial charge in [-0.1, -0.05) is 0 Å². The number of halogens is 1. The minimum absolute atomic E-state index is 0.000988. The predicted octanol–water partition coefficient (Wildman–Crippen LogP) is 2.80. The smallest absolute Gasteiger partial charge is 0.252 e. The van der Waals surface area contributed by atoms with Crippen LogP contribution in [-0.4, -0.2) is 17.8 Å². The number of thiophene rings is 1. The first-order valence-electron chi connectivity index (χ1n) is 4.56. The lowest BCUT2D eigenvalue weighted by atomic mass is 10.2. The van der Waals surface area contributed by atoms with Crippen LogP contribution < -0.4 is 5.32 Å². The molecule has 0 aromatic carbocycles. The normalized spacial score (nSPS) is 12.5. The van der Waals surface area contributed by atoms with Gasteiger partial charge in [-0.3, -0.25) is 4.79 Å². The van der Waals surface area contributed by atoms with Crippen molar-refractivity contribution in [1.82, 2.24) is 5.32 Å². The number of carbonyl (C=O) groups is 1. The van der Waals surface area contributed by atoms with E-state index in [9.17, 15) is 4.79 Å². The average molecular weight is 232 g/mol. The number of carbonyl (C=O) groups excluding carboxylic acids is 1. The largest absolute Gasteiger partial charge is 0.352 e. The molecule has 1 N–H and O–H groups in total. The molecule has 0 fully saturated rings. The van der Waals surface area contributed by atoms with Gasteiger partial charge in [0, 0.05) is 17.3 Å². The summed E-state index contributed by atoms with van der Waals surface area (Å²) in [6.45, 7) is 4.50. The van der Waals surface area contributed by atoms with Crippen LogP contribution in [0.25, 0.3) is 0 Å². The van der Waals surface area contributed by atoms with Gasteiger partial charge in [-0.15, -0.1) is 11.6 Å². The van der Waals surface area contributed by atoms with Crippen LogP contribution in [0.5, 0.6) is 0 Å². The first kappa shape index (κ1) is 11.5. The SMILES string of the molecule is Cc1cscc1C(=O)NCCC(C)Cl. The number of nitrogens with one attached hydrogen (secondary N) is 1. The van der Waals surface area contributed by atoms with E-state index in [1.54, 1.807) is 11.3 Å². The highest BCUT2D eigenvalue weighted by Crippen LogP contribution is 2.13. The van der Waals surface area contributed by atoms with E-state index < -0.39 is 0 Å². The Kier molecular flexibility index (Phi) is 4.42. The van der Waals surface area contributed by atoms with Crippen LogP contribution in [0.15, 0.2) is 10.8 Å². The molecule has 0 radical (unpaired) electrons. The Morgan fingerprint density at radius 3 is 2.86 bits per heavy atom. The Labute approximate surface area is 93.3 Å². The van der Waals surface area contributed by atoms with Crippen LogP contribution in [0.3, 0.4) is 0 Å². The van der Waals surface area contributed by atoms with Crippen molar-refractivity contribution in [3.63, 3.8) is 0 Å². The summed E-state index contributed by atoms with van der Waals surface area (Å²) in [5.41, 5.74) is 1.81. The van der Waals surface area contributed by atoms with E-state index in [0.717, 1.165) is 17.5 Å². The van der Waals surface area contributed by atoms with Crippen LogP contribution in [0.2, 0.25) is 0 Å². The lowest BCUT2D eigenvalue weighted by molar-refractivity contribution is 0.0953. The molecule has 1 aromatic heterocycles. The molecule has 0 spiro atoms. The number of alkyl halides is 1. The van der Waals surface area contributed by atoms with Crippen molar-refractivity contribution < 1.29 is 4.79 Å². The Bertz CT molecular complexity index is 309. The van der Waals surface area contributed by atoms with Gasteiger partial charge in [0.05, 0.1) is 5.56 Å². The van der Waals surface area contributed by atoms with Crippen LogP contribution in [0.1, 0.15) is 29.3 Å². The zero-order chi connectivity index (χ0) is 10.6. The molecular weight excluding hydrogens is 218 g/mol. The highest BCUT2D eigenvalue weighted by molar-refractivity contribution is 7.08. The summed E-state index contributed by atoms with van der Waals surface area (Å²) < 4.78 is 0. The summed E-state index contributed by atoms with van der Waals surface area (Å²) in [6, 6.07) is 0. The van der Waals surface area contributed by atoms with Crippen molar-refractivity contribution in [3.05, 3.63) is 21.9 Å². The summed E-state index contributed by atoms with van der Waals surface area (Å²) in [5, 5.41) is 6.79. The standard InChI is InChI=1S/C10H14ClNOS/c1-7-5-14-6-9(7)10(13)12-4-3-8(2)11/h5-6,8H,3-4H2,1-2H3,(H,12,13). The van der Waals surface area contributed by atoms with E-state index in [2.05, 4.69) is 5.32 Å². The number of amides is 1. The third-order valence-corrected chi connectivity index (χ3v) is 3.01. The molecular formula is C10H14ClNOS. The van der Waals surface area contributed by atoms with Crippen molar-refractivity contribution in [2.75, 3.05) is 6.54 Å². The minimum Gasteiger partial charge on any atom is -0.352 e. The molecule has 2 nitrogen and oxygen atoms in total. The van der Waals surface area contributed by atoms with Gasteiger partial charge in [0.2, 0.25) is 0 Å². The van der Waals surface area contributed by atoms with Gasteiger partial charge in [0.15, 0.2) is 0 Å². The van der Waals surface area contributed by atoms with E-state index in [1.807, 2.05) is 24.6 Å². The number of hydrogen-bond acceptors (Lipinski definition) is 2. The topological polar surface area (TPSA) is 29.1 Å². The molecule has 0 aliphatic heterocycles. The lowest BCUT2D eigenvalue weighted by Crippen LogP contribution is -2.25. The van der Waals surface area contributed by atoms with E-state index in [0.29, 0.717) is 6.54 Å². The van der Waals surface area contributed by atoms with Crippen molar-refractivity contribution in [1.29, 1.82) is 0 Å². The summed E-state index contributed by atoms with van der Waals surface area (Å²) >= 11 is 7.32. The second kappa shape index (κ2) is 5.37. The van der Waals surface area contributed by atoms with Crippen molar-refractivity contribution in [2.24, 2.45) is 0 Å². The Balaban J connectivity index is 2.40. The molecule has 1 amide bonds. The lowest BCUT2D eigenvalue weighted by Gasteiger charge is -2.05. The highest BCUT2D eigenvalue weighted by atomic mass is 35.5. The summed E-state index contributed by atoms with van der Waals surface area (Å²) in [6.07, 6.45) is 0.802. The molecule has 14 heavy (non-hydrogen) atoms. The van der Waals surface area contributed by atoms with Gasteiger partial charge >= 0.3 is 0 Å². The zero-order valence-electron chi connectivity index (χ0n) is 8.34. The molecule has 0 saturated heterocycles. The number of hydrogen-bond donors (Lipinski definition) is 1. The molecule has 1 rings (SSSR count). The quantitative estimate of drug-likeness (QED) is 0.794. The van der Waals surface area contributed by atoms with E-state index in [1.165, 1.54) is 0 Å². The average Bonchev–Trinajstić information content (AvgIpc) is 2.50. The predicted molar refractivity (Wildman–Crippen MR) is 61.3 cm³/mol. The Morgan fingerprint density at radius 1 is 1.64 bits per heavy atom. The monoisotopic (exact) mass is 231 g/mol. The molecule has 0 saturated carbocycles. The first-order chi connectivity index (χ1) is 6.61. The summed E-state index contributed by atoms with van der Waals surface area (Å²) in [5.74, 6) is 0.000988. The second-order valence-corrected chi connectivity index (χ2v) is 4.78. The van der Waals surface area contributed by atoms with Crippen LogP contribution >= 0.6 is 22.9 Å². The Morgan fingerprint density at radius 2 is 2.36 bits per heavy atom. The van der Waals surface area contributed by atoms with Crippen LogP contribution in [-0.2, 0) is 0 Å². The molecule has 1 aromatic rings. The van der Waals surface area contributed by atoms with E-state index in [-0.39, 0.29) is 11.3 Å². The fourth-order valence-electron chi connectivity index (χ4n) is 1.07. The third kappa shape index (κ3) is 3.31.